The van der Waals surface area contributed by atoms with Crippen molar-refractivity contribution in [2.75, 3.05) is 23.9 Å². The number of amides is 2. The minimum Gasteiger partial charge on any atom is -0.497 e. The van der Waals surface area contributed by atoms with Gasteiger partial charge in [0.25, 0.3) is 0 Å². The quantitative estimate of drug-likeness (QED) is 0.702. The zero-order chi connectivity index (χ0) is 17.5. The van der Waals surface area contributed by atoms with Crippen molar-refractivity contribution < 1.29 is 14.3 Å². The molecule has 0 unspecified atom stereocenters. The summed E-state index contributed by atoms with van der Waals surface area (Å²) < 4.78 is 5.15. The first-order valence-electron chi connectivity index (χ1n) is 7.27. The molecular formula is C16H19N3O3S2. The molecular weight excluding hydrogens is 346 g/mol. The van der Waals surface area contributed by atoms with Crippen LogP contribution in [-0.4, -0.2) is 35.4 Å². The van der Waals surface area contributed by atoms with E-state index in [1.54, 1.807) is 7.11 Å². The van der Waals surface area contributed by atoms with Crippen LogP contribution in [0.3, 0.4) is 0 Å². The van der Waals surface area contributed by atoms with Crippen LogP contribution in [0.1, 0.15) is 11.3 Å². The lowest BCUT2D eigenvalue weighted by Crippen LogP contribution is -2.15. The molecule has 0 bridgehead atoms. The normalized spacial score (nSPS) is 10.4. The summed E-state index contributed by atoms with van der Waals surface area (Å²) in [6.07, 6.45) is 0.314. The number of aryl methyl sites for hydroxylation is 1. The lowest BCUT2D eigenvalue weighted by molar-refractivity contribution is -0.116. The highest BCUT2D eigenvalue weighted by atomic mass is 32.2. The number of carbonyl (C=O) groups excluding carboxylic acids is 2. The van der Waals surface area contributed by atoms with Crippen LogP contribution in [0.2, 0.25) is 0 Å². The van der Waals surface area contributed by atoms with Gasteiger partial charge in [0.2, 0.25) is 11.8 Å². The van der Waals surface area contributed by atoms with Gasteiger partial charge in [-0.3, -0.25) is 9.59 Å². The van der Waals surface area contributed by atoms with E-state index in [1.807, 2.05) is 31.2 Å². The molecule has 8 heteroatoms. The van der Waals surface area contributed by atoms with Crippen molar-refractivity contribution in [2.45, 2.75) is 13.3 Å². The Bertz CT molecular complexity index is 714. The van der Waals surface area contributed by atoms with Gasteiger partial charge in [0.15, 0.2) is 5.13 Å². The van der Waals surface area contributed by atoms with E-state index >= 15 is 0 Å². The highest BCUT2D eigenvalue weighted by molar-refractivity contribution is 7.99. The SMILES string of the molecule is COc1ccc(-c2nc(NC(=O)CCSCC(N)=O)sc2C)cc1. The summed E-state index contributed by atoms with van der Waals surface area (Å²) in [5.74, 6) is 1.06. The number of ether oxygens (including phenoxy) is 1. The molecule has 0 atom stereocenters. The summed E-state index contributed by atoms with van der Waals surface area (Å²) >= 11 is 2.78. The lowest BCUT2D eigenvalue weighted by Gasteiger charge is -2.02. The van der Waals surface area contributed by atoms with Crippen molar-refractivity contribution in [3.05, 3.63) is 29.1 Å². The highest BCUT2D eigenvalue weighted by Crippen LogP contribution is 2.31. The average molecular weight is 365 g/mol. The number of hydrogen-bond acceptors (Lipinski definition) is 6. The van der Waals surface area contributed by atoms with Gasteiger partial charge in [0, 0.05) is 22.6 Å². The van der Waals surface area contributed by atoms with E-state index in [4.69, 9.17) is 10.5 Å². The standard InChI is InChI=1S/C16H19N3O3S2/c1-10-15(11-3-5-12(22-2)6-4-11)19-16(24-10)18-14(21)7-8-23-9-13(17)20/h3-6H,7-9H2,1-2H3,(H2,17,20)(H,18,19,21). The predicted molar refractivity (Wildman–Crippen MR) is 98.6 cm³/mol. The van der Waals surface area contributed by atoms with Crippen LogP contribution in [0.5, 0.6) is 5.75 Å². The maximum Gasteiger partial charge on any atom is 0.227 e. The number of hydrogen-bond donors (Lipinski definition) is 2. The molecule has 2 rings (SSSR count). The molecule has 0 radical (unpaired) electrons. The predicted octanol–water partition coefficient (Wildman–Crippen LogP) is 2.67. The van der Waals surface area contributed by atoms with Crippen molar-refractivity contribution >= 4 is 40.0 Å². The minimum absolute atomic E-state index is 0.123. The number of nitrogens with zero attached hydrogens (tertiary/aromatic N) is 1. The van der Waals surface area contributed by atoms with Crippen LogP contribution >= 0.6 is 23.1 Å². The molecule has 0 spiro atoms. The first kappa shape index (κ1) is 18.3. The van der Waals surface area contributed by atoms with E-state index in [-0.39, 0.29) is 17.6 Å². The van der Waals surface area contributed by atoms with Gasteiger partial charge in [-0.1, -0.05) is 0 Å². The summed E-state index contributed by atoms with van der Waals surface area (Å²) in [7, 11) is 1.62. The number of thiazole rings is 1. The fourth-order valence-electron chi connectivity index (χ4n) is 1.99. The molecule has 0 aliphatic rings. The van der Waals surface area contributed by atoms with Crippen LogP contribution in [0.25, 0.3) is 11.3 Å². The summed E-state index contributed by atoms with van der Waals surface area (Å²) in [6, 6.07) is 7.63. The molecule has 2 amide bonds. The largest absolute Gasteiger partial charge is 0.497 e. The third-order valence-electron chi connectivity index (χ3n) is 3.12. The van der Waals surface area contributed by atoms with Crippen LogP contribution < -0.4 is 15.8 Å². The number of benzene rings is 1. The Kier molecular flexibility index (Phi) is 6.62. The molecule has 0 aliphatic heterocycles. The number of primary amides is 1. The van der Waals surface area contributed by atoms with Crippen LogP contribution in [0.4, 0.5) is 5.13 Å². The third-order valence-corrected chi connectivity index (χ3v) is 4.99. The number of nitrogens with one attached hydrogen (secondary N) is 1. The molecule has 128 valence electrons. The number of rotatable bonds is 8. The molecule has 1 aromatic heterocycles. The van der Waals surface area contributed by atoms with Gasteiger partial charge in [-0.2, -0.15) is 11.8 Å². The first-order chi connectivity index (χ1) is 11.5. The molecule has 1 heterocycles. The number of nitrogens with two attached hydrogens (primary N) is 1. The van der Waals surface area contributed by atoms with Gasteiger partial charge in [0.1, 0.15) is 5.75 Å². The van der Waals surface area contributed by atoms with E-state index in [9.17, 15) is 9.59 Å². The summed E-state index contributed by atoms with van der Waals surface area (Å²) in [4.78, 5) is 28.1. The van der Waals surface area contributed by atoms with E-state index in [2.05, 4.69) is 10.3 Å². The second kappa shape index (κ2) is 8.70. The van der Waals surface area contributed by atoms with Crippen molar-refractivity contribution in [3.63, 3.8) is 0 Å². The Morgan fingerprint density at radius 3 is 2.67 bits per heavy atom. The molecule has 0 saturated carbocycles. The van der Waals surface area contributed by atoms with Crippen LogP contribution in [-0.2, 0) is 9.59 Å². The van der Waals surface area contributed by atoms with E-state index in [0.29, 0.717) is 17.3 Å². The van der Waals surface area contributed by atoms with Gasteiger partial charge in [-0.05, 0) is 31.2 Å². The monoisotopic (exact) mass is 365 g/mol. The smallest absolute Gasteiger partial charge is 0.227 e. The molecule has 0 fully saturated rings. The van der Waals surface area contributed by atoms with Crippen molar-refractivity contribution in [1.29, 1.82) is 0 Å². The average Bonchev–Trinajstić information content (AvgIpc) is 2.92. The third kappa shape index (κ3) is 5.24. The number of thioether (sulfide) groups is 1. The van der Waals surface area contributed by atoms with Gasteiger partial charge in [-0.25, -0.2) is 4.98 Å². The van der Waals surface area contributed by atoms with Crippen molar-refractivity contribution in [2.24, 2.45) is 5.73 Å². The zero-order valence-electron chi connectivity index (χ0n) is 13.5. The molecule has 24 heavy (non-hydrogen) atoms. The number of methoxy groups -OCH3 is 1. The Morgan fingerprint density at radius 1 is 1.33 bits per heavy atom. The maximum atomic E-state index is 11.9. The fourth-order valence-corrected chi connectivity index (χ4v) is 3.51. The zero-order valence-corrected chi connectivity index (χ0v) is 15.1. The van der Waals surface area contributed by atoms with Crippen molar-refractivity contribution in [3.8, 4) is 17.0 Å². The summed E-state index contributed by atoms with van der Waals surface area (Å²) in [6.45, 7) is 1.97. The molecule has 3 N–H and O–H groups in total. The van der Waals surface area contributed by atoms with Gasteiger partial charge >= 0.3 is 0 Å². The van der Waals surface area contributed by atoms with Crippen LogP contribution in [0, 0.1) is 6.92 Å². The maximum absolute atomic E-state index is 11.9. The van der Waals surface area contributed by atoms with E-state index < -0.39 is 0 Å². The molecule has 6 nitrogen and oxygen atoms in total. The molecule has 0 aliphatic carbocycles. The van der Waals surface area contributed by atoms with Gasteiger partial charge < -0.3 is 15.8 Å². The Balaban J connectivity index is 1.95. The van der Waals surface area contributed by atoms with Gasteiger partial charge in [0.05, 0.1) is 18.6 Å². The summed E-state index contributed by atoms with van der Waals surface area (Å²) in [5.41, 5.74) is 6.87. The second-order valence-electron chi connectivity index (χ2n) is 4.97. The Morgan fingerprint density at radius 2 is 2.04 bits per heavy atom. The molecule has 2 aromatic rings. The molecule has 0 saturated heterocycles. The highest BCUT2D eigenvalue weighted by Gasteiger charge is 2.12. The van der Waals surface area contributed by atoms with Crippen LogP contribution in [0.15, 0.2) is 24.3 Å². The number of anilines is 1. The number of carbonyl (C=O) groups is 2. The minimum atomic E-state index is -0.375. The molecule has 1 aromatic carbocycles. The topological polar surface area (TPSA) is 94.3 Å². The van der Waals surface area contributed by atoms with Gasteiger partial charge in [-0.15, -0.1) is 11.3 Å². The second-order valence-corrected chi connectivity index (χ2v) is 7.28. The first-order valence-corrected chi connectivity index (χ1v) is 9.24. The number of aromatic nitrogens is 1. The van der Waals surface area contributed by atoms with E-state index in [1.165, 1.54) is 23.1 Å². The fraction of sp³-hybridized carbons (Fsp3) is 0.312. The Hall–Kier alpha value is -2.06. The van der Waals surface area contributed by atoms with E-state index in [0.717, 1.165) is 21.9 Å². The lowest BCUT2D eigenvalue weighted by atomic mass is 10.1. The Labute approximate surface area is 148 Å². The van der Waals surface area contributed by atoms with Crippen molar-refractivity contribution in [1.82, 2.24) is 4.98 Å². The summed E-state index contributed by atoms with van der Waals surface area (Å²) in [5, 5.41) is 3.37.